The summed E-state index contributed by atoms with van der Waals surface area (Å²) in [5.74, 6) is -1.66. The van der Waals surface area contributed by atoms with Crippen molar-refractivity contribution < 1.29 is 23.5 Å². The fourth-order valence-corrected chi connectivity index (χ4v) is 3.51. The van der Waals surface area contributed by atoms with E-state index in [1.807, 2.05) is 0 Å². The lowest BCUT2D eigenvalue weighted by Crippen LogP contribution is -2.44. The van der Waals surface area contributed by atoms with Gasteiger partial charge in [-0.2, -0.15) is 0 Å². The van der Waals surface area contributed by atoms with Crippen LogP contribution < -0.4 is 4.90 Å². The fourth-order valence-electron chi connectivity index (χ4n) is 3.34. The SMILES string of the molecule is COCCN(CC(=O)N1CC(=O)N(c2cccc(Cl)c2C)C1)C(=O)c1cccc(F)c1. The molecule has 3 amide bonds. The van der Waals surface area contributed by atoms with Crippen molar-refractivity contribution in [2.24, 2.45) is 0 Å². The molecule has 2 aromatic carbocycles. The lowest BCUT2D eigenvalue weighted by Gasteiger charge is -2.25. The van der Waals surface area contributed by atoms with Crippen molar-refractivity contribution in [3.63, 3.8) is 0 Å². The molecule has 0 aliphatic carbocycles. The van der Waals surface area contributed by atoms with Crippen molar-refractivity contribution in [1.82, 2.24) is 9.80 Å². The van der Waals surface area contributed by atoms with Crippen LogP contribution in [-0.4, -0.2) is 67.5 Å². The third-order valence-electron chi connectivity index (χ3n) is 5.07. The van der Waals surface area contributed by atoms with Gasteiger partial charge in [-0.3, -0.25) is 19.3 Å². The fraction of sp³-hybridized carbons (Fsp3) is 0.318. The molecule has 0 unspecified atom stereocenters. The van der Waals surface area contributed by atoms with Crippen molar-refractivity contribution in [2.45, 2.75) is 6.92 Å². The molecule has 0 spiro atoms. The first-order valence-electron chi connectivity index (χ1n) is 9.69. The lowest BCUT2D eigenvalue weighted by molar-refractivity contribution is -0.132. The first-order valence-corrected chi connectivity index (χ1v) is 10.1. The normalized spacial score (nSPS) is 13.6. The van der Waals surface area contributed by atoms with E-state index in [4.69, 9.17) is 16.3 Å². The Bertz CT molecular complexity index is 1000. The molecule has 164 valence electrons. The lowest BCUT2D eigenvalue weighted by atomic mass is 10.2. The number of carbonyl (C=O) groups is 3. The van der Waals surface area contributed by atoms with Crippen molar-refractivity contribution in [2.75, 3.05) is 44.9 Å². The van der Waals surface area contributed by atoms with Crippen LogP contribution in [0.3, 0.4) is 0 Å². The first-order chi connectivity index (χ1) is 14.8. The van der Waals surface area contributed by atoms with Crippen LogP contribution in [0.2, 0.25) is 5.02 Å². The van der Waals surface area contributed by atoms with Crippen molar-refractivity contribution >= 4 is 35.0 Å². The Morgan fingerprint density at radius 2 is 1.97 bits per heavy atom. The largest absolute Gasteiger partial charge is 0.383 e. The van der Waals surface area contributed by atoms with Gasteiger partial charge in [0.05, 0.1) is 6.61 Å². The maximum atomic E-state index is 13.5. The Balaban J connectivity index is 1.73. The van der Waals surface area contributed by atoms with Crippen LogP contribution in [-0.2, 0) is 14.3 Å². The van der Waals surface area contributed by atoms with Gasteiger partial charge < -0.3 is 14.5 Å². The predicted molar refractivity (Wildman–Crippen MR) is 114 cm³/mol. The predicted octanol–water partition coefficient (Wildman–Crippen LogP) is 2.71. The summed E-state index contributed by atoms with van der Waals surface area (Å²) < 4.78 is 18.6. The molecule has 0 aromatic heterocycles. The van der Waals surface area contributed by atoms with Crippen LogP contribution in [0.5, 0.6) is 0 Å². The minimum Gasteiger partial charge on any atom is -0.383 e. The van der Waals surface area contributed by atoms with Crippen molar-refractivity contribution in [1.29, 1.82) is 0 Å². The summed E-state index contributed by atoms with van der Waals surface area (Å²) in [6.45, 7) is 1.87. The molecule has 1 heterocycles. The van der Waals surface area contributed by atoms with Gasteiger partial charge in [-0.15, -0.1) is 0 Å². The molecule has 3 rings (SSSR count). The summed E-state index contributed by atoms with van der Waals surface area (Å²) in [6, 6.07) is 10.5. The van der Waals surface area contributed by atoms with E-state index < -0.39 is 17.6 Å². The average Bonchev–Trinajstić information content (AvgIpc) is 3.14. The number of amides is 3. The van der Waals surface area contributed by atoms with Crippen molar-refractivity contribution in [3.8, 4) is 0 Å². The number of halogens is 2. The summed E-state index contributed by atoms with van der Waals surface area (Å²) in [5.41, 5.74) is 1.52. The van der Waals surface area contributed by atoms with Gasteiger partial charge in [0, 0.05) is 29.9 Å². The minimum absolute atomic E-state index is 0.0606. The third-order valence-corrected chi connectivity index (χ3v) is 5.48. The van der Waals surface area contributed by atoms with Gasteiger partial charge in [0.2, 0.25) is 11.8 Å². The van der Waals surface area contributed by atoms with Crippen molar-refractivity contribution in [3.05, 3.63) is 64.4 Å². The zero-order valence-electron chi connectivity index (χ0n) is 17.3. The molecule has 1 aliphatic rings. The molecular formula is C22H23ClFN3O4. The molecule has 31 heavy (non-hydrogen) atoms. The number of ether oxygens (including phenoxy) is 1. The number of hydrogen-bond donors (Lipinski definition) is 0. The molecule has 0 atom stereocenters. The Kier molecular flexibility index (Phi) is 7.25. The number of anilines is 1. The maximum absolute atomic E-state index is 13.5. The molecule has 0 radical (unpaired) electrons. The molecule has 1 fully saturated rings. The molecule has 1 aliphatic heterocycles. The number of hydrogen-bond acceptors (Lipinski definition) is 4. The first kappa shape index (κ1) is 22.7. The number of methoxy groups -OCH3 is 1. The molecule has 7 nitrogen and oxygen atoms in total. The van der Waals surface area contributed by atoms with Gasteiger partial charge in [0.15, 0.2) is 0 Å². The molecule has 0 N–H and O–H groups in total. The molecule has 9 heteroatoms. The van der Waals surface area contributed by atoms with E-state index in [-0.39, 0.29) is 44.4 Å². The Labute approximate surface area is 184 Å². The molecule has 2 aromatic rings. The smallest absolute Gasteiger partial charge is 0.254 e. The second-order valence-corrected chi connectivity index (χ2v) is 7.58. The molecule has 0 bridgehead atoms. The van der Waals surface area contributed by atoms with Crippen LogP contribution >= 0.6 is 11.6 Å². The van der Waals surface area contributed by atoms with E-state index in [9.17, 15) is 18.8 Å². The molecule has 1 saturated heterocycles. The monoisotopic (exact) mass is 447 g/mol. The number of nitrogens with zero attached hydrogens (tertiary/aromatic N) is 3. The minimum atomic E-state index is -0.540. The highest BCUT2D eigenvalue weighted by Crippen LogP contribution is 2.28. The highest BCUT2D eigenvalue weighted by atomic mass is 35.5. The standard InChI is InChI=1S/C22H23ClFN3O4/c1-15-18(23)7-4-8-19(15)27-14-26(13-21(27)29)20(28)12-25(9-10-31-2)22(30)16-5-3-6-17(24)11-16/h3-8,11H,9-10,12-14H2,1-2H3. The van der Waals surface area contributed by atoms with E-state index in [1.165, 1.54) is 40.0 Å². The second-order valence-electron chi connectivity index (χ2n) is 7.17. The van der Waals surface area contributed by atoms with E-state index in [0.717, 1.165) is 11.6 Å². The van der Waals surface area contributed by atoms with Gasteiger partial charge in [0.25, 0.3) is 5.91 Å². The molecule has 0 saturated carbocycles. The summed E-state index contributed by atoms with van der Waals surface area (Å²) in [4.78, 5) is 42.4. The highest BCUT2D eigenvalue weighted by molar-refractivity contribution is 6.31. The number of carbonyl (C=O) groups excluding carboxylic acids is 3. The van der Waals surface area contributed by atoms with Gasteiger partial charge in [-0.1, -0.05) is 23.7 Å². The van der Waals surface area contributed by atoms with Gasteiger partial charge >= 0.3 is 0 Å². The zero-order chi connectivity index (χ0) is 22.5. The van der Waals surface area contributed by atoms with Gasteiger partial charge in [-0.25, -0.2) is 4.39 Å². The van der Waals surface area contributed by atoms with E-state index >= 15 is 0 Å². The van der Waals surface area contributed by atoms with E-state index in [1.54, 1.807) is 25.1 Å². The summed E-state index contributed by atoms with van der Waals surface area (Å²) in [6.07, 6.45) is 0. The molecular weight excluding hydrogens is 425 g/mol. The number of rotatable bonds is 7. The zero-order valence-corrected chi connectivity index (χ0v) is 18.1. The van der Waals surface area contributed by atoms with E-state index in [2.05, 4.69) is 0 Å². The van der Waals surface area contributed by atoms with Crippen LogP contribution in [0.15, 0.2) is 42.5 Å². The second kappa shape index (κ2) is 9.89. The average molecular weight is 448 g/mol. The Morgan fingerprint density at radius 3 is 2.68 bits per heavy atom. The van der Waals surface area contributed by atoms with Crippen LogP contribution in [0.4, 0.5) is 10.1 Å². The summed E-state index contributed by atoms with van der Waals surface area (Å²) in [7, 11) is 1.48. The summed E-state index contributed by atoms with van der Waals surface area (Å²) >= 11 is 6.16. The topological polar surface area (TPSA) is 70.2 Å². The van der Waals surface area contributed by atoms with Gasteiger partial charge in [0.1, 0.15) is 25.6 Å². The van der Waals surface area contributed by atoms with Crippen LogP contribution in [0, 0.1) is 12.7 Å². The Hall–Kier alpha value is -2.97. The quantitative estimate of drug-likeness (QED) is 0.654. The Morgan fingerprint density at radius 1 is 1.23 bits per heavy atom. The highest BCUT2D eigenvalue weighted by Gasteiger charge is 2.34. The maximum Gasteiger partial charge on any atom is 0.254 e. The van der Waals surface area contributed by atoms with E-state index in [0.29, 0.717) is 10.7 Å². The third kappa shape index (κ3) is 5.21. The van der Waals surface area contributed by atoms with Gasteiger partial charge in [-0.05, 0) is 42.8 Å². The van der Waals surface area contributed by atoms with Crippen LogP contribution in [0.1, 0.15) is 15.9 Å². The number of benzene rings is 2. The summed E-state index contributed by atoms with van der Waals surface area (Å²) in [5, 5.41) is 0.529. The van der Waals surface area contributed by atoms with Crippen LogP contribution in [0.25, 0.3) is 0 Å².